The molecule has 0 bridgehead atoms. The fourth-order valence-corrected chi connectivity index (χ4v) is 2.58. The molecule has 8 heteroatoms. The quantitative estimate of drug-likeness (QED) is 0.652. The fraction of sp³-hybridized carbons (Fsp3) is 0.364. The van der Waals surface area contributed by atoms with Crippen LogP contribution in [-0.4, -0.2) is 27.4 Å². The summed E-state index contributed by atoms with van der Waals surface area (Å²) >= 11 is 0. The molecule has 0 aliphatic carbocycles. The van der Waals surface area contributed by atoms with E-state index in [4.69, 9.17) is 5.73 Å². The molecule has 0 unspecified atom stereocenters. The second-order valence-electron chi connectivity index (χ2n) is 3.75. The number of rotatable bonds is 6. The van der Waals surface area contributed by atoms with Crippen molar-refractivity contribution >= 4 is 21.6 Å². The number of sulfonamides is 1. The van der Waals surface area contributed by atoms with Crippen LogP contribution in [0.1, 0.15) is 13.3 Å². The van der Waals surface area contributed by atoms with Gasteiger partial charge in [-0.05, 0) is 19.1 Å². The predicted octanol–water partition coefficient (Wildman–Crippen LogP) is 0.212. The molecule has 0 spiro atoms. The first-order valence-electron chi connectivity index (χ1n) is 5.69. The Hall–Kier alpha value is -1.67. The number of halogens is 1. The molecule has 0 saturated carbocycles. The minimum absolute atomic E-state index is 0.00227. The third-order valence-corrected chi connectivity index (χ3v) is 3.84. The van der Waals surface area contributed by atoms with Gasteiger partial charge < -0.3 is 11.1 Å². The van der Waals surface area contributed by atoms with E-state index < -0.39 is 21.5 Å². The van der Waals surface area contributed by atoms with E-state index in [1.165, 1.54) is 12.1 Å². The summed E-state index contributed by atoms with van der Waals surface area (Å²) in [5.74, 6) is -1.07. The Morgan fingerprint density at radius 1 is 1.42 bits per heavy atom. The number of nitrogens with two attached hydrogens (primary N) is 1. The Morgan fingerprint density at radius 2 is 2.11 bits per heavy atom. The predicted molar refractivity (Wildman–Crippen MR) is 69.3 cm³/mol. The third-order valence-electron chi connectivity index (χ3n) is 2.32. The van der Waals surface area contributed by atoms with Crippen molar-refractivity contribution < 1.29 is 17.6 Å². The molecule has 0 aliphatic rings. The fourth-order valence-electron chi connectivity index (χ4n) is 1.41. The highest BCUT2D eigenvalue weighted by Gasteiger charge is 2.19. The number of hydrogen-bond donors (Lipinski definition) is 3. The second kappa shape index (κ2) is 6.48. The van der Waals surface area contributed by atoms with E-state index in [0.29, 0.717) is 6.54 Å². The van der Waals surface area contributed by atoms with Gasteiger partial charge in [0, 0.05) is 19.5 Å². The number of anilines is 1. The molecule has 0 saturated heterocycles. The molecule has 0 fully saturated rings. The monoisotopic (exact) mass is 289 g/mol. The lowest BCUT2D eigenvalue weighted by Crippen LogP contribution is -2.31. The van der Waals surface area contributed by atoms with E-state index in [1.807, 2.05) is 0 Å². The van der Waals surface area contributed by atoms with Crippen LogP contribution in [0.15, 0.2) is 23.1 Å². The molecule has 1 amide bonds. The number of para-hydroxylation sites is 1. The maximum atomic E-state index is 13.2. The Labute approximate surface area is 111 Å². The van der Waals surface area contributed by atoms with Crippen molar-refractivity contribution in [1.29, 1.82) is 0 Å². The summed E-state index contributed by atoms with van der Waals surface area (Å²) in [6.45, 7) is 2.15. The average Bonchev–Trinajstić information content (AvgIpc) is 2.32. The highest BCUT2D eigenvalue weighted by atomic mass is 32.2. The summed E-state index contributed by atoms with van der Waals surface area (Å²) in [4.78, 5) is 10.8. The van der Waals surface area contributed by atoms with E-state index in [1.54, 1.807) is 6.92 Å². The molecule has 19 heavy (non-hydrogen) atoms. The van der Waals surface area contributed by atoms with Crippen LogP contribution in [0.25, 0.3) is 0 Å². The first-order chi connectivity index (χ1) is 8.88. The summed E-state index contributed by atoms with van der Waals surface area (Å²) in [6, 6.07) is 3.53. The van der Waals surface area contributed by atoms with Gasteiger partial charge in [0.05, 0.1) is 5.69 Å². The van der Waals surface area contributed by atoms with Crippen LogP contribution in [0.5, 0.6) is 0 Å². The number of nitrogen functional groups attached to an aromatic ring is 1. The van der Waals surface area contributed by atoms with Gasteiger partial charge in [0.1, 0.15) is 10.7 Å². The SMILES string of the molecule is CCNC(=O)CCNS(=O)(=O)c1cccc(F)c1N. The van der Waals surface area contributed by atoms with Gasteiger partial charge in [-0.15, -0.1) is 0 Å². The largest absolute Gasteiger partial charge is 0.395 e. The summed E-state index contributed by atoms with van der Waals surface area (Å²) in [5, 5.41) is 2.53. The van der Waals surface area contributed by atoms with Gasteiger partial charge in [0.25, 0.3) is 0 Å². The first-order valence-corrected chi connectivity index (χ1v) is 7.17. The lowest BCUT2D eigenvalue weighted by Gasteiger charge is -2.09. The minimum atomic E-state index is -3.92. The Kier molecular flexibility index (Phi) is 5.25. The van der Waals surface area contributed by atoms with Crippen LogP contribution >= 0.6 is 0 Å². The molecule has 4 N–H and O–H groups in total. The number of benzene rings is 1. The zero-order chi connectivity index (χ0) is 14.5. The van der Waals surface area contributed by atoms with Crippen LogP contribution < -0.4 is 15.8 Å². The van der Waals surface area contributed by atoms with Gasteiger partial charge >= 0.3 is 0 Å². The average molecular weight is 289 g/mol. The van der Waals surface area contributed by atoms with Gasteiger partial charge in [-0.2, -0.15) is 0 Å². The number of amides is 1. The number of carbonyl (C=O) groups is 1. The molecular weight excluding hydrogens is 273 g/mol. The van der Waals surface area contributed by atoms with Crippen LogP contribution in [0, 0.1) is 5.82 Å². The maximum absolute atomic E-state index is 13.2. The number of nitrogens with one attached hydrogen (secondary N) is 2. The van der Waals surface area contributed by atoms with Crippen LogP contribution in [0.3, 0.4) is 0 Å². The van der Waals surface area contributed by atoms with Gasteiger partial charge in [-0.3, -0.25) is 4.79 Å². The second-order valence-corrected chi connectivity index (χ2v) is 5.49. The van der Waals surface area contributed by atoms with Crippen molar-refractivity contribution in [1.82, 2.24) is 10.0 Å². The summed E-state index contributed by atoms with van der Waals surface area (Å²) in [7, 11) is -3.92. The van der Waals surface area contributed by atoms with Gasteiger partial charge in [0.2, 0.25) is 15.9 Å². The van der Waals surface area contributed by atoms with Crippen LogP contribution in [-0.2, 0) is 14.8 Å². The third kappa shape index (κ3) is 4.18. The van der Waals surface area contributed by atoms with E-state index in [0.717, 1.165) is 6.07 Å². The van der Waals surface area contributed by atoms with Crippen molar-refractivity contribution in [2.45, 2.75) is 18.2 Å². The lowest BCUT2D eigenvalue weighted by molar-refractivity contribution is -0.120. The minimum Gasteiger partial charge on any atom is -0.395 e. The summed E-state index contributed by atoms with van der Waals surface area (Å²) < 4.78 is 39.1. The van der Waals surface area contributed by atoms with Crippen molar-refractivity contribution in [3.63, 3.8) is 0 Å². The van der Waals surface area contributed by atoms with E-state index in [9.17, 15) is 17.6 Å². The zero-order valence-corrected chi connectivity index (χ0v) is 11.3. The molecular formula is C11H16FN3O3S. The number of hydrogen-bond acceptors (Lipinski definition) is 4. The molecule has 6 nitrogen and oxygen atoms in total. The highest BCUT2D eigenvalue weighted by Crippen LogP contribution is 2.20. The first kappa shape index (κ1) is 15.4. The highest BCUT2D eigenvalue weighted by molar-refractivity contribution is 7.89. The molecule has 106 valence electrons. The normalized spacial score (nSPS) is 11.3. The molecule has 0 atom stereocenters. The topological polar surface area (TPSA) is 101 Å². The van der Waals surface area contributed by atoms with Crippen LogP contribution in [0.2, 0.25) is 0 Å². The van der Waals surface area contributed by atoms with Gasteiger partial charge in [0.15, 0.2) is 0 Å². The molecule has 0 radical (unpaired) electrons. The number of carbonyl (C=O) groups excluding carboxylic acids is 1. The Balaban J connectivity index is 2.72. The molecule has 0 aromatic heterocycles. The van der Waals surface area contributed by atoms with Crippen LogP contribution in [0.4, 0.5) is 10.1 Å². The van der Waals surface area contributed by atoms with Gasteiger partial charge in [-0.1, -0.05) is 6.07 Å². The molecule has 1 aromatic rings. The van der Waals surface area contributed by atoms with Crippen molar-refractivity contribution in [3.05, 3.63) is 24.0 Å². The molecule has 0 aliphatic heterocycles. The van der Waals surface area contributed by atoms with Crippen molar-refractivity contribution in [2.24, 2.45) is 0 Å². The molecule has 0 heterocycles. The molecule has 1 rings (SSSR count). The molecule has 1 aromatic carbocycles. The van der Waals surface area contributed by atoms with Gasteiger partial charge in [-0.25, -0.2) is 17.5 Å². The van der Waals surface area contributed by atoms with E-state index in [-0.39, 0.29) is 23.8 Å². The lowest BCUT2D eigenvalue weighted by atomic mass is 10.3. The van der Waals surface area contributed by atoms with E-state index >= 15 is 0 Å². The maximum Gasteiger partial charge on any atom is 0.242 e. The Morgan fingerprint density at radius 3 is 2.74 bits per heavy atom. The summed E-state index contributed by atoms with van der Waals surface area (Å²) in [6.07, 6.45) is 0.00227. The smallest absolute Gasteiger partial charge is 0.242 e. The summed E-state index contributed by atoms with van der Waals surface area (Å²) in [5.41, 5.74) is 4.94. The van der Waals surface area contributed by atoms with E-state index in [2.05, 4.69) is 10.0 Å². The van der Waals surface area contributed by atoms with Crippen molar-refractivity contribution in [3.8, 4) is 0 Å². The zero-order valence-electron chi connectivity index (χ0n) is 10.4. The van der Waals surface area contributed by atoms with Crippen molar-refractivity contribution in [2.75, 3.05) is 18.8 Å². The Bertz CT molecular complexity index is 560. The standard InChI is InChI=1S/C11H16FN3O3S/c1-2-14-10(16)6-7-15-19(17,18)9-5-3-4-8(12)11(9)13/h3-5,15H,2,6-7,13H2,1H3,(H,14,16).